The van der Waals surface area contributed by atoms with Crippen LogP contribution in [0.4, 0.5) is 11.4 Å². The van der Waals surface area contributed by atoms with Gasteiger partial charge in [-0.15, -0.1) is 0 Å². The summed E-state index contributed by atoms with van der Waals surface area (Å²) in [6, 6.07) is 17.8. The Kier molecular flexibility index (Phi) is 4.77. The molecule has 0 radical (unpaired) electrons. The molecule has 3 nitrogen and oxygen atoms in total. The van der Waals surface area contributed by atoms with Crippen molar-refractivity contribution in [2.75, 3.05) is 23.8 Å². The van der Waals surface area contributed by atoms with Crippen molar-refractivity contribution in [3.8, 4) is 0 Å². The molecule has 0 saturated heterocycles. The van der Waals surface area contributed by atoms with Crippen LogP contribution in [0.15, 0.2) is 54.6 Å². The van der Waals surface area contributed by atoms with Crippen molar-refractivity contribution < 1.29 is 4.79 Å². The number of aryl methyl sites for hydroxylation is 1. The lowest BCUT2D eigenvalue weighted by Gasteiger charge is -2.17. The molecular weight excluding hydrogens is 248 g/mol. The van der Waals surface area contributed by atoms with Crippen LogP contribution in [0.2, 0.25) is 0 Å². The number of hydrogen-bond acceptors (Lipinski definition) is 2. The van der Waals surface area contributed by atoms with E-state index in [2.05, 4.69) is 18.3 Å². The van der Waals surface area contributed by atoms with Crippen LogP contribution in [0.1, 0.15) is 12.0 Å². The molecule has 1 N–H and O–H groups in total. The first-order chi connectivity index (χ1) is 9.68. The maximum absolute atomic E-state index is 12.1. The molecule has 104 valence electrons. The van der Waals surface area contributed by atoms with E-state index in [0.717, 1.165) is 11.4 Å². The molecule has 0 aliphatic rings. The van der Waals surface area contributed by atoms with Crippen molar-refractivity contribution in [3.63, 3.8) is 0 Å². The van der Waals surface area contributed by atoms with E-state index in [1.165, 1.54) is 5.56 Å². The molecule has 0 aliphatic carbocycles. The first-order valence-corrected chi connectivity index (χ1v) is 6.79. The first kappa shape index (κ1) is 14.1. The van der Waals surface area contributed by atoms with Crippen LogP contribution in [-0.4, -0.2) is 19.5 Å². The fraction of sp³-hybridized carbons (Fsp3) is 0.235. The highest BCUT2D eigenvalue weighted by molar-refractivity contribution is 5.93. The summed E-state index contributed by atoms with van der Waals surface area (Å²) in [6.07, 6.45) is 0.472. The van der Waals surface area contributed by atoms with Crippen molar-refractivity contribution in [3.05, 3.63) is 60.2 Å². The Morgan fingerprint density at radius 1 is 1.05 bits per heavy atom. The summed E-state index contributed by atoms with van der Waals surface area (Å²) in [5.74, 6) is 0.109. The number of benzene rings is 2. The number of carbonyl (C=O) groups is 1. The van der Waals surface area contributed by atoms with Gasteiger partial charge in [-0.3, -0.25) is 4.79 Å². The van der Waals surface area contributed by atoms with Gasteiger partial charge in [0.2, 0.25) is 5.91 Å². The molecule has 0 aromatic heterocycles. The van der Waals surface area contributed by atoms with Crippen LogP contribution in [0.3, 0.4) is 0 Å². The van der Waals surface area contributed by atoms with Gasteiger partial charge in [-0.05, 0) is 30.7 Å². The second-order valence-corrected chi connectivity index (χ2v) is 4.78. The molecule has 0 fully saturated rings. The van der Waals surface area contributed by atoms with E-state index in [0.29, 0.717) is 13.0 Å². The van der Waals surface area contributed by atoms with Crippen molar-refractivity contribution in [2.24, 2.45) is 0 Å². The smallest absolute Gasteiger partial charge is 0.228 e. The summed E-state index contributed by atoms with van der Waals surface area (Å²) < 4.78 is 0. The second kappa shape index (κ2) is 6.75. The molecule has 20 heavy (non-hydrogen) atoms. The molecule has 0 aliphatic heterocycles. The van der Waals surface area contributed by atoms with Crippen LogP contribution >= 0.6 is 0 Å². The molecule has 0 spiro atoms. The maximum atomic E-state index is 12.1. The molecule has 0 atom stereocenters. The summed E-state index contributed by atoms with van der Waals surface area (Å²) in [7, 11) is 1.81. The van der Waals surface area contributed by atoms with Crippen molar-refractivity contribution >= 4 is 17.3 Å². The molecule has 0 heterocycles. The summed E-state index contributed by atoms with van der Waals surface area (Å²) in [4.78, 5) is 13.8. The number of hydrogen-bond donors (Lipinski definition) is 1. The van der Waals surface area contributed by atoms with Crippen LogP contribution in [0.25, 0.3) is 0 Å². The minimum Gasteiger partial charge on any atom is -0.384 e. The van der Waals surface area contributed by atoms with E-state index in [1.54, 1.807) is 4.90 Å². The zero-order chi connectivity index (χ0) is 14.4. The van der Waals surface area contributed by atoms with E-state index in [9.17, 15) is 4.79 Å². The van der Waals surface area contributed by atoms with Gasteiger partial charge in [-0.1, -0.05) is 36.4 Å². The Morgan fingerprint density at radius 2 is 1.70 bits per heavy atom. The first-order valence-electron chi connectivity index (χ1n) is 6.79. The van der Waals surface area contributed by atoms with Crippen molar-refractivity contribution in [1.82, 2.24) is 0 Å². The summed E-state index contributed by atoms with van der Waals surface area (Å²) in [5, 5.41) is 3.30. The Balaban J connectivity index is 1.85. The SMILES string of the molecule is Cc1ccccc1NCCC(=O)N(C)c1ccccc1. The van der Waals surface area contributed by atoms with E-state index in [1.807, 2.05) is 55.6 Å². The van der Waals surface area contributed by atoms with Gasteiger partial charge < -0.3 is 10.2 Å². The lowest BCUT2D eigenvalue weighted by Crippen LogP contribution is -2.27. The normalized spacial score (nSPS) is 10.1. The third-order valence-electron chi connectivity index (χ3n) is 3.32. The molecule has 0 bridgehead atoms. The van der Waals surface area contributed by atoms with E-state index < -0.39 is 0 Å². The van der Waals surface area contributed by atoms with Gasteiger partial charge in [0.05, 0.1) is 0 Å². The topological polar surface area (TPSA) is 32.3 Å². The van der Waals surface area contributed by atoms with Gasteiger partial charge in [0.1, 0.15) is 0 Å². The van der Waals surface area contributed by atoms with Gasteiger partial charge in [0.25, 0.3) is 0 Å². The van der Waals surface area contributed by atoms with Crippen molar-refractivity contribution in [1.29, 1.82) is 0 Å². The van der Waals surface area contributed by atoms with Crippen LogP contribution in [-0.2, 0) is 4.79 Å². The number of nitrogens with zero attached hydrogens (tertiary/aromatic N) is 1. The molecule has 0 saturated carbocycles. The lowest BCUT2D eigenvalue weighted by molar-refractivity contribution is -0.118. The highest BCUT2D eigenvalue weighted by Crippen LogP contribution is 2.14. The second-order valence-electron chi connectivity index (χ2n) is 4.78. The quantitative estimate of drug-likeness (QED) is 0.900. The average molecular weight is 268 g/mol. The Hall–Kier alpha value is -2.29. The largest absolute Gasteiger partial charge is 0.384 e. The predicted molar refractivity (Wildman–Crippen MR) is 84.1 cm³/mol. The molecule has 2 aromatic rings. The Labute approximate surface area is 120 Å². The minimum absolute atomic E-state index is 0.109. The summed E-state index contributed by atoms with van der Waals surface area (Å²) in [5.41, 5.74) is 3.20. The minimum atomic E-state index is 0.109. The van der Waals surface area contributed by atoms with Crippen LogP contribution < -0.4 is 10.2 Å². The molecule has 0 unspecified atom stereocenters. The monoisotopic (exact) mass is 268 g/mol. The van der Waals surface area contributed by atoms with Gasteiger partial charge in [0, 0.05) is 31.4 Å². The fourth-order valence-corrected chi connectivity index (χ4v) is 2.04. The average Bonchev–Trinajstić information content (AvgIpc) is 2.49. The third-order valence-corrected chi connectivity index (χ3v) is 3.32. The summed E-state index contributed by atoms with van der Waals surface area (Å²) >= 11 is 0. The van der Waals surface area contributed by atoms with Gasteiger partial charge in [-0.2, -0.15) is 0 Å². The third kappa shape index (κ3) is 3.60. The molecule has 1 amide bonds. The Bertz CT molecular complexity index is 566. The van der Waals surface area contributed by atoms with Crippen LogP contribution in [0.5, 0.6) is 0 Å². The number of para-hydroxylation sites is 2. The number of carbonyl (C=O) groups excluding carboxylic acids is 1. The predicted octanol–water partition coefficient (Wildman–Crippen LogP) is 3.46. The number of anilines is 2. The Morgan fingerprint density at radius 3 is 2.40 bits per heavy atom. The molecule has 3 heteroatoms. The van der Waals surface area contributed by atoms with E-state index >= 15 is 0 Å². The zero-order valence-electron chi connectivity index (χ0n) is 12.0. The van der Waals surface area contributed by atoms with E-state index in [4.69, 9.17) is 0 Å². The number of nitrogens with one attached hydrogen (secondary N) is 1. The maximum Gasteiger partial charge on any atom is 0.228 e. The highest BCUT2D eigenvalue weighted by Gasteiger charge is 2.09. The van der Waals surface area contributed by atoms with Gasteiger partial charge in [-0.25, -0.2) is 0 Å². The van der Waals surface area contributed by atoms with E-state index in [-0.39, 0.29) is 5.91 Å². The lowest BCUT2D eigenvalue weighted by atomic mass is 10.2. The highest BCUT2D eigenvalue weighted by atomic mass is 16.2. The van der Waals surface area contributed by atoms with Crippen molar-refractivity contribution in [2.45, 2.75) is 13.3 Å². The van der Waals surface area contributed by atoms with Gasteiger partial charge in [0.15, 0.2) is 0 Å². The van der Waals surface area contributed by atoms with Crippen LogP contribution in [0, 0.1) is 6.92 Å². The molecule has 2 aromatic carbocycles. The van der Waals surface area contributed by atoms with Gasteiger partial charge >= 0.3 is 0 Å². The molecule has 2 rings (SSSR count). The standard InChI is InChI=1S/C17H20N2O/c1-14-8-6-7-11-16(14)18-13-12-17(20)19(2)15-9-4-3-5-10-15/h3-11,18H,12-13H2,1-2H3. The number of rotatable bonds is 5. The molecular formula is C17H20N2O. The summed E-state index contributed by atoms with van der Waals surface area (Å²) in [6.45, 7) is 2.70. The zero-order valence-corrected chi connectivity index (χ0v) is 12.0. The number of amides is 1. The fourth-order valence-electron chi connectivity index (χ4n) is 2.04.